The van der Waals surface area contributed by atoms with E-state index in [9.17, 15) is 14.7 Å². The van der Waals surface area contributed by atoms with Gasteiger partial charge in [-0.15, -0.1) is 0 Å². The van der Waals surface area contributed by atoms with Gasteiger partial charge in [0, 0.05) is 11.6 Å². The second-order valence-corrected chi connectivity index (χ2v) is 7.05. The SMILES string of the molecule is O=C(Nc1ccc(O)cc1)[C@@H]1[C@H]2C[C@H]3[C@H](OC(=O)[C@H]31)[C@@H]2Br. The Hall–Kier alpha value is -1.56. The number of anilines is 1. The van der Waals surface area contributed by atoms with Crippen LogP contribution in [0.1, 0.15) is 6.42 Å². The number of benzene rings is 1. The van der Waals surface area contributed by atoms with Gasteiger partial charge in [0.25, 0.3) is 0 Å². The van der Waals surface area contributed by atoms with Gasteiger partial charge >= 0.3 is 5.97 Å². The molecule has 21 heavy (non-hydrogen) atoms. The molecule has 3 aliphatic rings. The number of rotatable bonds is 2. The van der Waals surface area contributed by atoms with Crippen LogP contribution in [0.3, 0.4) is 0 Å². The molecule has 6 heteroatoms. The molecule has 0 aromatic heterocycles. The molecule has 2 aliphatic carbocycles. The molecule has 2 saturated carbocycles. The third-order valence-electron chi connectivity index (χ3n) is 4.96. The van der Waals surface area contributed by atoms with Crippen LogP contribution in [0.5, 0.6) is 5.75 Å². The number of phenols is 1. The zero-order valence-corrected chi connectivity index (χ0v) is 12.6. The number of hydrogen-bond donors (Lipinski definition) is 2. The van der Waals surface area contributed by atoms with E-state index in [2.05, 4.69) is 21.2 Å². The van der Waals surface area contributed by atoms with E-state index in [1.807, 2.05) is 0 Å². The predicted molar refractivity (Wildman–Crippen MR) is 77.9 cm³/mol. The van der Waals surface area contributed by atoms with Gasteiger partial charge in [0.2, 0.25) is 5.91 Å². The van der Waals surface area contributed by atoms with Crippen molar-refractivity contribution in [1.29, 1.82) is 0 Å². The molecule has 0 radical (unpaired) electrons. The maximum absolute atomic E-state index is 12.6. The highest BCUT2D eigenvalue weighted by Crippen LogP contribution is 2.60. The molecule has 0 spiro atoms. The molecular formula is C15H14BrNO4. The van der Waals surface area contributed by atoms with E-state index in [1.165, 1.54) is 12.1 Å². The molecule has 1 aliphatic heterocycles. The molecule has 4 rings (SSSR count). The topological polar surface area (TPSA) is 75.6 Å². The maximum Gasteiger partial charge on any atom is 0.310 e. The average molecular weight is 352 g/mol. The molecular weight excluding hydrogens is 338 g/mol. The summed E-state index contributed by atoms with van der Waals surface area (Å²) in [6, 6.07) is 6.32. The van der Waals surface area contributed by atoms with Crippen molar-refractivity contribution in [3.8, 4) is 5.75 Å². The maximum atomic E-state index is 12.6. The number of hydrogen-bond acceptors (Lipinski definition) is 4. The minimum atomic E-state index is -0.334. The largest absolute Gasteiger partial charge is 0.508 e. The van der Waals surface area contributed by atoms with E-state index < -0.39 is 0 Å². The van der Waals surface area contributed by atoms with Gasteiger partial charge in [0.05, 0.1) is 16.7 Å². The number of carbonyl (C=O) groups excluding carboxylic acids is 2. The number of nitrogens with one attached hydrogen (secondary N) is 1. The zero-order chi connectivity index (χ0) is 14.7. The number of alkyl halides is 1. The third kappa shape index (κ3) is 1.81. The van der Waals surface area contributed by atoms with Crippen LogP contribution in [0, 0.1) is 23.7 Å². The summed E-state index contributed by atoms with van der Waals surface area (Å²) in [7, 11) is 0. The molecule has 1 saturated heterocycles. The van der Waals surface area contributed by atoms with Crippen molar-refractivity contribution in [1.82, 2.24) is 0 Å². The number of amides is 1. The Morgan fingerprint density at radius 1 is 1.29 bits per heavy atom. The van der Waals surface area contributed by atoms with E-state index in [0.717, 1.165) is 6.42 Å². The second kappa shape index (κ2) is 4.47. The first kappa shape index (κ1) is 13.1. The lowest BCUT2D eigenvalue weighted by atomic mass is 9.79. The fraction of sp³-hybridized carbons (Fsp3) is 0.467. The van der Waals surface area contributed by atoms with Crippen LogP contribution in [0.2, 0.25) is 0 Å². The van der Waals surface area contributed by atoms with E-state index in [1.54, 1.807) is 12.1 Å². The van der Waals surface area contributed by atoms with E-state index >= 15 is 0 Å². The van der Waals surface area contributed by atoms with Crippen molar-refractivity contribution >= 4 is 33.5 Å². The number of fused-ring (bicyclic) bond motifs is 1. The Balaban J connectivity index is 1.57. The molecule has 3 fully saturated rings. The van der Waals surface area contributed by atoms with Crippen LogP contribution in [0.25, 0.3) is 0 Å². The summed E-state index contributed by atoms with van der Waals surface area (Å²) in [4.78, 5) is 24.6. The summed E-state index contributed by atoms with van der Waals surface area (Å²) in [5, 5.41) is 12.1. The molecule has 2 N–H and O–H groups in total. The van der Waals surface area contributed by atoms with E-state index in [-0.39, 0.29) is 52.2 Å². The Morgan fingerprint density at radius 2 is 2.00 bits per heavy atom. The lowest BCUT2D eigenvalue weighted by Gasteiger charge is -2.27. The molecule has 1 aromatic rings. The number of carbonyl (C=O) groups is 2. The van der Waals surface area contributed by atoms with Gasteiger partial charge < -0.3 is 15.2 Å². The van der Waals surface area contributed by atoms with Crippen LogP contribution in [0.15, 0.2) is 24.3 Å². The first-order chi connectivity index (χ1) is 10.1. The third-order valence-corrected chi connectivity index (χ3v) is 6.16. The van der Waals surface area contributed by atoms with Crippen LogP contribution in [-0.2, 0) is 14.3 Å². The smallest absolute Gasteiger partial charge is 0.310 e. The Labute approximate surface area is 129 Å². The summed E-state index contributed by atoms with van der Waals surface area (Å²) < 4.78 is 5.40. The fourth-order valence-corrected chi connectivity index (χ4v) is 5.15. The number of esters is 1. The van der Waals surface area contributed by atoms with Gasteiger partial charge in [-0.2, -0.15) is 0 Å². The van der Waals surface area contributed by atoms with Crippen molar-refractivity contribution in [3.05, 3.63) is 24.3 Å². The quantitative estimate of drug-likeness (QED) is 0.484. The second-order valence-electron chi connectivity index (χ2n) is 6.00. The van der Waals surface area contributed by atoms with Crippen molar-refractivity contribution in [2.24, 2.45) is 23.7 Å². The highest BCUT2D eigenvalue weighted by Gasteiger charge is 2.67. The normalized spacial score (nSPS) is 39.4. The summed E-state index contributed by atoms with van der Waals surface area (Å²) in [5.41, 5.74) is 0.620. The summed E-state index contributed by atoms with van der Waals surface area (Å²) >= 11 is 3.59. The van der Waals surface area contributed by atoms with Gasteiger partial charge in [-0.3, -0.25) is 9.59 Å². The highest BCUT2D eigenvalue weighted by atomic mass is 79.9. The molecule has 1 aromatic carbocycles. The van der Waals surface area contributed by atoms with Crippen LogP contribution in [0.4, 0.5) is 5.69 Å². The van der Waals surface area contributed by atoms with E-state index in [4.69, 9.17) is 4.74 Å². The standard InChI is InChI=1S/C15H14BrNO4/c16-12-8-5-9-11(15(20)21-13(9)12)10(8)14(19)17-6-1-3-7(18)4-2-6/h1-4,8-13,18H,5H2,(H,17,19)/t8-,9-,10-,11-,12-,13+/m1/s1. The van der Waals surface area contributed by atoms with Gasteiger partial charge in [0.1, 0.15) is 11.9 Å². The summed E-state index contributed by atoms with van der Waals surface area (Å²) in [5.74, 6) is -0.544. The molecule has 1 heterocycles. The van der Waals surface area contributed by atoms with Crippen molar-refractivity contribution < 1.29 is 19.4 Å². The molecule has 2 bridgehead atoms. The first-order valence-corrected chi connectivity index (χ1v) is 7.92. The van der Waals surface area contributed by atoms with Crippen molar-refractivity contribution in [2.45, 2.75) is 17.4 Å². The Kier molecular flexibility index (Phi) is 2.79. The van der Waals surface area contributed by atoms with Crippen LogP contribution >= 0.6 is 15.9 Å². The lowest BCUT2D eigenvalue weighted by molar-refractivity contribution is -0.145. The minimum Gasteiger partial charge on any atom is -0.508 e. The molecule has 1 amide bonds. The van der Waals surface area contributed by atoms with Gasteiger partial charge in [-0.05, 0) is 36.6 Å². The molecule has 0 unspecified atom stereocenters. The van der Waals surface area contributed by atoms with Crippen molar-refractivity contribution in [2.75, 3.05) is 5.32 Å². The van der Waals surface area contributed by atoms with Gasteiger partial charge in [-0.1, -0.05) is 15.9 Å². The highest BCUT2D eigenvalue weighted by molar-refractivity contribution is 9.09. The number of phenolic OH excluding ortho intramolecular Hbond substituents is 1. The van der Waals surface area contributed by atoms with E-state index in [0.29, 0.717) is 5.69 Å². The average Bonchev–Trinajstić information content (AvgIpc) is 3.05. The minimum absolute atomic E-state index is 0.0646. The lowest BCUT2D eigenvalue weighted by Crippen LogP contribution is -2.40. The summed E-state index contributed by atoms with van der Waals surface area (Å²) in [6.07, 6.45) is 0.801. The zero-order valence-electron chi connectivity index (χ0n) is 11.0. The monoisotopic (exact) mass is 351 g/mol. The molecule has 5 nitrogen and oxygen atoms in total. The van der Waals surface area contributed by atoms with Crippen molar-refractivity contribution in [3.63, 3.8) is 0 Å². The number of halogens is 1. The van der Waals surface area contributed by atoms with Gasteiger partial charge in [-0.25, -0.2) is 0 Å². The fourth-order valence-electron chi connectivity index (χ4n) is 4.10. The van der Waals surface area contributed by atoms with Crippen LogP contribution < -0.4 is 5.32 Å². The molecule has 110 valence electrons. The summed E-state index contributed by atoms with van der Waals surface area (Å²) in [6.45, 7) is 0. The number of aromatic hydroxyl groups is 1. The Morgan fingerprint density at radius 3 is 2.71 bits per heavy atom. The van der Waals surface area contributed by atoms with Gasteiger partial charge in [0.15, 0.2) is 0 Å². The number of ether oxygens (including phenoxy) is 1. The molecule has 6 atom stereocenters. The van der Waals surface area contributed by atoms with Crippen LogP contribution in [-0.4, -0.2) is 27.9 Å². The Bertz CT molecular complexity index is 617. The predicted octanol–water partition coefficient (Wildman–Crippen LogP) is 1.90. The first-order valence-electron chi connectivity index (χ1n) is 7.01.